The van der Waals surface area contributed by atoms with Crippen LogP contribution in [0.1, 0.15) is 35.9 Å². The van der Waals surface area contributed by atoms with E-state index in [4.69, 9.17) is 0 Å². The van der Waals surface area contributed by atoms with Crippen LogP contribution in [-0.4, -0.2) is 27.5 Å². The minimum absolute atomic E-state index is 0.0301. The highest BCUT2D eigenvalue weighted by Gasteiger charge is 2.09. The molecule has 0 bridgehead atoms. The number of nitrogens with zero attached hydrogens (tertiary/aromatic N) is 1. The molecule has 1 aromatic heterocycles. The van der Waals surface area contributed by atoms with Crippen molar-refractivity contribution < 1.29 is 9.90 Å². The van der Waals surface area contributed by atoms with Gasteiger partial charge in [0.05, 0.1) is 17.1 Å². The monoisotopic (exact) mass is 337 g/mol. The van der Waals surface area contributed by atoms with Gasteiger partial charge in [-0.15, -0.1) is 0 Å². The Morgan fingerprint density at radius 2 is 2.00 bits per heavy atom. The molecule has 1 atom stereocenters. The molecule has 2 aromatic carbocycles. The molecular weight excluding hydrogens is 314 g/mol. The molecular formula is C20H23N3O2. The van der Waals surface area contributed by atoms with Gasteiger partial charge >= 0.3 is 0 Å². The Morgan fingerprint density at radius 1 is 1.20 bits per heavy atom. The second-order valence-corrected chi connectivity index (χ2v) is 6.22. The number of hydrogen-bond acceptors (Lipinski definition) is 3. The molecule has 5 heteroatoms. The van der Waals surface area contributed by atoms with E-state index in [1.807, 2.05) is 55.5 Å². The maximum absolute atomic E-state index is 12.0. The van der Waals surface area contributed by atoms with E-state index in [1.54, 1.807) is 0 Å². The van der Waals surface area contributed by atoms with E-state index in [1.165, 1.54) is 0 Å². The number of aryl methyl sites for hydroxylation is 2. The summed E-state index contributed by atoms with van der Waals surface area (Å²) in [6, 6.07) is 15.5. The summed E-state index contributed by atoms with van der Waals surface area (Å²) in [6.45, 7) is 2.48. The summed E-state index contributed by atoms with van der Waals surface area (Å²) in [6.07, 6.45) is 0.890. The molecule has 3 aromatic rings. The maximum Gasteiger partial charge on any atom is 0.220 e. The van der Waals surface area contributed by atoms with Crippen molar-refractivity contribution in [1.29, 1.82) is 0 Å². The molecule has 1 amide bonds. The SMILES string of the molecule is Cc1cccc2[nH]c(CCC(=O)NCCC(O)c3ccccc3)nc12. The van der Waals surface area contributed by atoms with E-state index >= 15 is 0 Å². The number of imidazole rings is 1. The zero-order valence-corrected chi connectivity index (χ0v) is 14.3. The number of aliphatic hydroxyl groups excluding tert-OH is 1. The molecule has 0 spiro atoms. The summed E-state index contributed by atoms with van der Waals surface area (Å²) in [5.74, 6) is 0.793. The van der Waals surface area contributed by atoms with Gasteiger partial charge in [0.25, 0.3) is 0 Å². The number of fused-ring (bicyclic) bond motifs is 1. The van der Waals surface area contributed by atoms with Crippen LogP contribution < -0.4 is 5.32 Å². The van der Waals surface area contributed by atoms with Crippen LogP contribution in [0.3, 0.4) is 0 Å². The third-order valence-electron chi connectivity index (χ3n) is 4.28. The summed E-state index contributed by atoms with van der Waals surface area (Å²) in [7, 11) is 0. The van der Waals surface area contributed by atoms with Crippen LogP contribution in [0.2, 0.25) is 0 Å². The van der Waals surface area contributed by atoms with Crippen molar-refractivity contribution in [3.8, 4) is 0 Å². The molecule has 25 heavy (non-hydrogen) atoms. The van der Waals surface area contributed by atoms with Crippen molar-refractivity contribution in [3.63, 3.8) is 0 Å². The number of hydrogen-bond donors (Lipinski definition) is 3. The lowest BCUT2D eigenvalue weighted by Gasteiger charge is -2.11. The molecule has 130 valence electrons. The second-order valence-electron chi connectivity index (χ2n) is 6.22. The number of nitrogens with one attached hydrogen (secondary N) is 2. The Morgan fingerprint density at radius 3 is 2.76 bits per heavy atom. The van der Waals surface area contributed by atoms with E-state index in [9.17, 15) is 9.90 Å². The van der Waals surface area contributed by atoms with Gasteiger partial charge < -0.3 is 15.4 Å². The highest BCUT2D eigenvalue weighted by atomic mass is 16.3. The molecule has 0 aliphatic heterocycles. The van der Waals surface area contributed by atoms with Crippen molar-refractivity contribution in [3.05, 3.63) is 65.5 Å². The minimum Gasteiger partial charge on any atom is -0.388 e. The molecule has 1 heterocycles. The lowest BCUT2D eigenvalue weighted by atomic mass is 10.1. The Bertz CT molecular complexity index is 843. The van der Waals surface area contributed by atoms with Gasteiger partial charge in [0.1, 0.15) is 5.82 Å². The highest BCUT2D eigenvalue weighted by Crippen LogP contribution is 2.16. The summed E-state index contributed by atoms with van der Waals surface area (Å²) in [5.41, 5.74) is 3.96. The molecule has 3 rings (SSSR count). The zero-order valence-electron chi connectivity index (χ0n) is 14.3. The van der Waals surface area contributed by atoms with Crippen LogP contribution >= 0.6 is 0 Å². The molecule has 5 nitrogen and oxygen atoms in total. The fourth-order valence-corrected chi connectivity index (χ4v) is 2.86. The fourth-order valence-electron chi connectivity index (χ4n) is 2.86. The number of carbonyl (C=O) groups excluding carboxylic acids is 1. The van der Waals surface area contributed by atoms with Crippen LogP contribution in [0, 0.1) is 6.92 Å². The molecule has 0 saturated heterocycles. The highest BCUT2D eigenvalue weighted by molar-refractivity contribution is 5.79. The summed E-state index contributed by atoms with van der Waals surface area (Å²) in [5, 5.41) is 12.9. The molecule has 0 fully saturated rings. The van der Waals surface area contributed by atoms with Crippen molar-refractivity contribution in [1.82, 2.24) is 15.3 Å². The smallest absolute Gasteiger partial charge is 0.220 e. The Hall–Kier alpha value is -2.66. The van der Waals surface area contributed by atoms with Gasteiger partial charge in [0.2, 0.25) is 5.91 Å². The Balaban J connectivity index is 1.44. The lowest BCUT2D eigenvalue weighted by molar-refractivity contribution is -0.121. The molecule has 0 aliphatic carbocycles. The third kappa shape index (κ3) is 4.45. The molecule has 0 aliphatic rings. The standard InChI is InChI=1S/C20H23N3O2/c1-14-6-5-9-16-20(14)23-18(22-16)10-11-19(25)21-13-12-17(24)15-7-3-2-4-8-15/h2-9,17,24H,10-13H2,1H3,(H,21,25)(H,22,23). The Kier molecular flexibility index (Phi) is 5.46. The van der Waals surface area contributed by atoms with Crippen LogP contribution in [0.15, 0.2) is 48.5 Å². The average Bonchev–Trinajstić information content (AvgIpc) is 3.05. The first-order valence-electron chi connectivity index (χ1n) is 8.57. The van der Waals surface area contributed by atoms with Gasteiger partial charge in [-0.3, -0.25) is 4.79 Å². The van der Waals surface area contributed by atoms with Gasteiger partial charge in [0, 0.05) is 19.4 Å². The molecule has 3 N–H and O–H groups in total. The predicted molar refractivity (Wildman–Crippen MR) is 98.2 cm³/mol. The second kappa shape index (κ2) is 7.94. The maximum atomic E-state index is 12.0. The lowest BCUT2D eigenvalue weighted by Crippen LogP contribution is -2.26. The molecule has 0 saturated carbocycles. The van der Waals surface area contributed by atoms with Crippen molar-refractivity contribution in [2.75, 3.05) is 6.54 Å². The number of aromatic amines is 1. The number of aromatic nitrogens is 2. The average molecular weight is 337 g/mol. The van der Waals surface area contributed by atoms with E-state index < -0.39 is 6.10 Å². The van der Waals surface area contributed by atoms with Crippen molar-refractivity contribution >= 4 is 16.9 Å². The normalized spacial score (nSPS) is 12.2. The van der Waals surface area contributed by atoms with Crippen LogP contribution in [0.4, 0.5) is 0 Å². The van der Waals surface area contributed by atoms with Crippen molar-refractivity contribution in [2.45, 2.75) is 32.3 Å². The van der Waals surface area contributed by atoms with Gasteiger partial charge in [-0.1, -0.05) is 42.5 Å². The largest absolute Gasteiger partial charge is 0.388 e. The van der Waals surface area contributed by atoms with Crippen LogP contribution in [0.25, 0.3) is 11.0 Å². The predicted octanol–water partition coefficient (Wildman–Crippen LogP) is 3.04. The number of para-hydroxylation sites is 1. The molecule has 0 radical (unpaired) electrons. The number of rotatable bonds is 7. The summed E-state index contributed by atoms with van der Waals surface area (Å²) in [4.78, 5) is 19.8. The summed E-state index contributed by atoms with van der Waals surface area (Å²) >= 11 is 0. The number of benzene rings is 2. The van der Waals surface area contributed by atoms with E-state index in [-0.39, 0.29) is 5.91 Å². The number of aliphatic hydroxyl groups is 1. The molecule has 1 unspecified atom stereocenters. The van der Waals surface area contributed by atoms with Crippen LogP contribution in [-0.2, 0) is 11.2 Å². The van der Waals surface area contributed by atoms with Gasteiger partial charge in [-0.2, -0.15) is 0 Å². The minimum atomic E-state index is -0.556. The first-order chi connectivity index (χ1) is 12.1. The van der Waals surface area contributed by atoms with E-state index in [2.05, 4.69) is 15.3 Å². The first-order valence-corrected chi connectivity index (χ1v) is 8.57. The first kappa shape index (κ1) is 17.2. The zero-order chi connectivity index (χ0) is 17.6. The van der Waals surface area contributed by atoms with Crippen LogP contribution in [0.5, 0.6) is 0 Å². The van der Waals surface area contributed by atoms with E-state index in [0.29, 0.717) is 25.8 Å². The Labute approximate surface area is 147 Å². The number of carbonyl (C=O) groups is 1. The summed E-state index contributed by atoms with van der Waals surface area (Å²) < 4.78 is 0. The number of amides is 1. The van der Waals surface area contributed by atoms with Gasteiger partial charge in [-0.25, -0.2) is 4.98 Å². The quantitative estimate of drug-likeness (QED) is 0.620. The third-order valence-corrected chi connectivity index (χ3v) is 4.28. The van der Waals surface area contributed by atoms with Gasteiger partial charge in [0.15, 0.2) is 0 Å². The van der Waals surface area contributed by atoms with Gasteiger partial charge in [-0.05, 0) is 30.5 Å². The topological polar surface area (TPSA) is 78.0 Å². The van der Waals surface area contributed by atoms with Crippen molar-refractivity contribution in [2.24, 2.45) is 0 Å². The fraction of sp³-hybridized carbons (Fsp3) is 0.300. The van der Waals surface area contributed by atoms with E-state index in [0.717, 1.165) is 28.0 Å². The number of H-pyrrole nitrogens is 1.